The zero-order chi connectivity index (χ0) is 23.6. The van der Waals surface area contributed by atoms with E-state index in [1.54, 1.807) is 24.3 Å². The highest BCUT2D eigenvalue weighted by Gasteiger charge is 2.30. The maximum Gasteiger partial charge on any atom is 0.199 e. The number of hydrogen-bond donors (Lipinski definition) is 2. The number of piperazine rings is 1. The summed E-state index contributed by atoms with van der Waals surface area (Å²) in [4.78, 5) is 21.3. The first-order valence-electron chi connectivity index (χ1n) is 11.8. The highest BCUT2D eigenvalue weighted by atomic mass is 19.1. The van der Waals surface area contributed by atoms with Crippen molar-refractivity contribution in [2.45, 2.75) is 31.9 Å². The Morgan fingerprint density at radius 2 is 1.94 bits per heavy atom. The van der Waals surface area contributed by atoms with Crippen molar-refractivity contribution in [3.8, 4) is 6.07 Å². The number of aliphatic hydroxyl groups excluding tert-OH is 1. The molecule has 2 fully saturated rings. The van der Waals surface area contributed by atoms with Crippen LogP contribution in [0.4, 0.5) is 10.1 Å². The molecule has 0 atom stereocenters. The third kappa shape index (κ3) is 2.97. The molecule has 2 aromatic carbocycles. The minimum absolute atomic E-state index is 0.0870. The molecule has 7 nitrogen and oxygen atoms in total. The summed E-state index contributed by atoms with van der Waals surface area (Å²) < 4.78 is 18.4. The molecule has 3 heterocycles. The van der Waals surface area contributed by atoms with Crippen molar-refractivity contribution < 1.29 is 9.50 Å². The Balaban J connectivity index is 1.73. The van der Waals surface area contributed by atoms with Crippen LogP contribution in [0.2, 0.25) is 0 Å². The number of rotatable bonds is 3. The van der Waals surface area contributed by atoms with Crippen molar-refractivity contribution >= 4 is 38.5 Å². The lowest BCUT2D eigenvalue weighted by Crippen LogP contribution is -2.45. The van der Waals surface area contributed by atoms with E-state index in [1.807, 2.05) is 16.5 Å². The maximum absolute atomic E-state index is 16.5. The predicted octanol–water partition coefficient (Wildman–Crippen LogP) is 3.62. The summed E-state index contributed by atoms with van der Waals surface area (Å²) in [6.45, 7) is 2.59. The Kier molecular flexibility index (Phi) is 4.87. The van der Waals surface area contributed by atoms with Crippen molar-refractivity contribution in [1.29, 1.82) is 5.26 Å². The van der Waals surface area contributed by atoms with Gasteiger partial charge >= 0.3 is 0 Å². The Hall–Kier alpha value is -3.41. The quantitative estimate of drug-likeness (QED) is 0.489. The van der Waals surface area contributed by atoms with Gasteiger partial charge in [0.15, 0.2) is 11.2 Å². The fraction of sp³-hybridized carbons (Fsp3) is 0.385. The van der Waals surface area contributed by atoms with E-state index < -0.39 is 5.82 Å². The average Bonchev–Trinajstić information content (AvgIpc) is 3.19. The molecule has 0 spiro atoms. The van der Waals surface area contributed by atoms with Crippen LogP contribution in [0.5, 0.6) is 0 Å². The van der Waals surface area contributed by atoms with E-state index in [4.69, 9.17) is 0 Å². The summed E-state index contributed by atoms with van der Waals surface area (Å²) >= 11 is 0. The smallest absolute Gasteiger partial charge is 0.199 e. The van der Waals surface area contributed by atoms with Crippen molar-refractivity contribution in [3.05, 3.63) is 51.4 Å². The van der Waals surface area contributed by atoms with Gasteiger partial charge in [0, 0.05) is 54.1 Å². The molecule has 0 amide bonds. The van der Waals surface area contributed by atoms with E-state index >= 15 is 4.39 Å². The standard InChI is InChI=1S/C26H26FN5O2/c1-30-7-9-31(10-8-30)23-16(14-33)12-19-24(22(23)27)32(17-3-2-4-17)26-21(25(19)34)18-6-5-15(13-28)11-20(18)29-26/h5-6,11-12,17,29,33H,2-4,7-10,14H2,1H3. The largest absolute Gasteiger partial charge is 0.392 e. The summed E-state index contributed by atoms with van der Waals surface area (Å²) in [6.07, 6.45) is 2.88. The lowest BCUT2D eigenvalue weighted by molar-refractivity contribution is 0.279. The Morgan fingerprint density at radius 3 is 2.59 bits per heavy atom. The van der Waals surface area contributed by atoms with E-state index in [9.17, 15) is 15.2 Å². The van der Waals surface area contributed by atoms with Crippen LogP contribution in [0.25, 0.3) is 32.8 Å². The van der Waals surface area contributed by atoms with E-state index in [0.717, 1.165) is 37.7 Å². The van der Waals surface area contributed by atoms with Gasteiger partial charge in [0.05, 0.1) is 34.8 Å². The first kappa shape index (κ1) is 21.1. The molecule has 0 unspecified atom stereocenters. The number of halogens is 1. The molecule has 0 radical (unpaired) electrons. The van der Waals surface area contributed by atoms with Gasteiger partial charge < -0.3 is 24.5 Å². The summed E-state index contributed by atoms with van der Waals surface area (Å²) in [7, 11) is 2.04. The summed E-state index contributed by atoms with van der Waals surface area (Å²) in [5.41, 5.74) is 2.69. The van der Waals surface area contributed by atoms with Crippen LogP contribution in [-0.4, -0.2) is 52.8 Å². The van der Waals surface area contributed by atoms with Gasteiger partial charge in [-0.3, -0.25) is 4.79 Å². The number of nitrogens with zero attached hydrogens (tertiary/aromatic N) is 4. The second kappa shape index (κ2) is 7.83. The van der Waals surface area contributed by atoms with Crippen LogP contribution < -0.4 is 10.3 Å². The topological polar surface area (TPSA) is 88.3 Å². The van der Waals surface area contributed by atoms with Crippen LogP contribution in [0.15, 0.2) is 29.1 Å². The molecule has 0 bridgehead atoms. The predicted molar refractivity (Wildman–Crippen MR) is 131 cm³/mol. The molecular weight excluding hydrogens is 433 g/mol. The molecule has 174 valence electrons. The Bertz CT molecular complexity index is 1550. The molecule has 34 heavy (non-hydrogen) atoms. The van der Waals surface area contributed by atoms with Crippen LogP contribution in [0.3, 0.4) is 0 Å². The number of pyridine rings is 1. The summed E-state index contributed by atoms with van der Waals surface area (Å²) in [6, 6.07) is 9.13. The lowest BCUT2D eigenvalue weighted by Gasteiger charge is -2.36. The van der Waals surface area contributed by atoms with Crippen LogP contribution in [-0.2, 0) is 6.61 Å². The number of hydrogen-bond acceptors (Lipinski definition) is 5. The van der Waals surface area contributed by atoms with E-state index in [2.05, 4.69) is 16.0 Å². The minimum Gasteiger partial charge on any atom is -0.392 e. The van der Waals surface area contributed by atoms with Gasteiger partial charge in [0.1, 0.15) is 5.65 Å². The zero-order valence-corrected chi connectivity index (χ0v) is 19.1. The van der Waals surface area contributed by atoms with Gasteiger partial charge in [-0.05, 0) is 44.5 Å². The molecule has 2 aliphatic rings. The molecule has 2 aromatic heterocycles. The number of nitriles is 1. The van der Waals surface area contributed by atoms with E-state index in [1.165, 1.54) is 0 Å². The number of fused-ring (bicyclic) bond motifs is 4. The van der Waals surface area contributed by atoms with Crippen molar-refractivity contribution in [2.24, 2.45) is 0 Å². The second-order valence-electron chi connectivity index (χ2n) is 9.55. The van der Waals surface area contributed by atoms with Crippen LogP contribution >= 0.6 is 0 Å². The maximum atomic E-state index is 16.5. The minimum atomic E-state index is -0.437. The molecule has 1 aliphatic heterocycles. The van der Waals surface area contributed by atoms with Crippen molar-refractivity contribution in [2.75, 3.05) is 38.1 Å². The van der Waals surface area contributed by atoms with Crippen molar-refractivity contribution in [1.82, 2.24) is 14.5 Å². The molecule has 1 saturated carbocycles. The number of benzene rings is 2. The number of aliphatic hydroxyl groups is 1. The van der Waals surface area contributed by atoms with Gasteiger partial charge in [-0.2, -0.15) is 5.26 Å². The number of H-pyrrole nitrogens is 1. The van der Waals surface area contributed by atoms with Gasteiger partial charge in [-0.25, -0.2) is 4.39 Å². The SMILES string of the molecule is CN1CCN(c2c(CO)cc3c(=O)c4c5ccc(C#N)cc5[nH]c4n(C4CCC4)c3c2F)CC1. The van der Waals surface area contributed by atoms with Crippen molar-refractivity contribution in [3.63, 3.8) is 0 Å². The van der Waals surface area contributed by atoms with Crippen LogP contribution in [0, 0.1) is 17.1 Å². The molecule has 4 aromatic rings. The van der Waals surface area contributed by atoms with Gasteiger partial charge in [-0.15, -0.1) is 0 Å². The zero-order valence-electron chi connectivity index (χ0n) is 19.1. The normalized spacial score (nSPS) is 17.5. The van der Waals surface area contributed by atoms with Gasteiger partial charge in [-0.1, -0.05) is 6.07 Å². The molecule has 1 aliphatic carbocycles. The average molecular weight is 460 g/mol. The third-order valence-electron chi connectivity index (χ3n) is 7.58. The van der Waals surface area contributed by atoms with Crippen LogP contribution in [0.1, 0.15) is 36.4 Å². The molecule has 1 saturated heterocycles. The van der Waals surface area contributed by atoms with E-state index in [-0.39, 0.29) is 18.1 Å². The first-order chi connectivity index (χ1) is 16.5. The number of aromatic nitrogens is 2. The Labute approximate surface area is 195 Å². The summed E-state index contributed by atoms with van der Waals surface area (Å²) in [5, 5.41) is 21.0. The van der Waals surface area contributed by atoms with E-state index in [0.29, 0.717) is 57.4 Å². The summed E-state index contributed by atoms with van der Waals surface area (Å²) in [5.74, 6) is -0.437. The second-order valence-corrected chi connectivity index (χ2v) is 9.55. The molecule has 2 N–H and O–H groups in total. The number of anilines is 1. The van der Waals surface area contributed by atoms with Gasteiger partial charge in [0.2, 0.25) is 0 Å². The Morgan fingerprint density at radius 1 is 1.18 bits per heavy atom. The fourth-order valence-corrected chi connectivity index (χ4v) is 5.50. The fourth-order valence-electron chi connectivity index (χ4n) is 5.50. The van der Waals surface area contributed by atoms with Gasteiger partial charge in [0.25, 0.3) is 0 Å². The molecular formula is C26H26FN5O2. The highest BCUT2D eigenvalue weighted by Crippen LogP contribution is 2.41. The lowest BCUT2D eigenvalue weighted by atomic mass is 9.91. The molecule has 6 rings (SSSR count). The number of likely N-dealkylation sites (N-methyl/N-ethyl adjacent to an activating group) is 1. The highest BCUT2D eigenvalue weighted by molar-refractivity contribution is 6.10. The first-order valence-corrected chi connectivity index (χ1v) is 11.8. The monoisotopic (exact) mass is 459 g/mol. The molecule has 8 heteroatoms. The number of aromatic amines is 1. The number of nitrogens with one attached hydrogen (secondary N) is 1. The third-order valence-corrected chi connectivity index (χ3v) is 7.58.